The number of pyridine rings is 1. The predicted octanol–water partition coefficient (Wildman–Crippen LogP) is 5.35. The Hall–Kier alpha value is -4.71. The zero-order chi connectivity index (χ0) is 29.2. The summed E-state index contributed by atoms with van der Waals surface area (Å²) < 4.78 is 6.21. The molecule has 41 heavy (non-hydrogen) atoms. The minimum Gasteiger partial charge on any atom is -0.488 e. The third kappa shape index (κ3) is 8.15. The first-order valence-electron chi connectivity index (χ1n) is 13.4. The maximum Gasteiger partial charge on any atom is 0.306 e. The first kappa shape index (κ1) is 29.3. The fourth-order valence-corrected chi connectivity index (χ4v) is 4.64. The summed E-state index contributed by atoms with van der Waals surface area (Å²) in [4.78, 5) is 15.0. The summed E-state index contributed by atoms with van der Waals surface area (Å²) in [5.41, 5.74) is 8.81. The molecule has 0 spiro atoms. The maximum absolute atomic E-state index is 10.9. The lowest BCUT2D eigenvalue weighted by atomic mass is 9.96. The highest BCUT2D eigenvalue weighted by Gasteiger charge is 2.13. The molecular weight excluding hydrogens is 516 g/mol. The molecule has 0 radical (unpaired) electrons. The van der Waals surface area contributed by atoms with Gasteiger partial charge in [-0.15, -0.1) is 0 Å². The quantitative estimate of drug-likeness (QED) is 0.175. The van der Waals surface area contributed by atoms with Gasteiger partial charge in [-0.05, 0) is 53.8 Å². The van der Waals surface area contributed by atoms with Crippen LogP contribution in [0, 0.1) is 25.2 Å². The van der Waals surface area contributed by atoms with Crippen molar-refractivity contribution in [3.63, 3.8) is 0 Å². The fourth-order valence-electron chi connectivity index (χ4n) is 4.64. The number of aliphatic carboxylic acids is 1. The highest BCUT2D eigenvalue weighted by molar-refractivity contribution is 5.69. The van der Waals surface area contributed by atoms with Crippen LogP contribution in [0.25, 0.3) is 11.1 Å². The van der Waals surface area contributed by atoms with Crippen LogP contribution in [0.15, 0.2) is 79.1 Å². The van der Waals surface area contributed by atoms with E-state index in [1.54, 1.807) is 12.3 Å². The Morgan fingerprint density at radius 3 is 2.59 bits per heavy atom. The van der Waals surface area contributed by atoms with Gasteiger partial charge in [0.1, 0.15) is 18.4 Å². The molecule has 4 rings (SSSR count). The largest absolute Gasteiger partial charge is 0.488 e. The summed E-state index contributed by atoms with van der Waals surface area (Å²) in [6, 6.07) is 24.5. The standard InChI is InChI=1S/C33H34N4O4/c1-22-11-28(18-36-20-29(38)13-33(39)40)32(41-21-25-12-24(15-34)16-35-17-25)14-31(22)37-19-27-9-6-10-30(23(27)2)26-7-4-3-5-8-26/h3-12,14,16-17,29,36-38H,13,18-21H2,1-2H3,(H,39,40). The smallest absolute Gasteiger partial charge is 0.306 e. The highest BCUT2D eigenvalue weighted by atomic mass is 16.5. The van der Waals surface area contributed by atoms with Gasteiger partial charge in [-0.3, -0.25) is 9.78 Å². The number of nitrogens with zero attached hydrogens (tertiary/aromatic N) is 2. The Kier molecular flexibility index (Phi) is 10.1. The molecule has 0 saturated carbocycles. The van der Waals surface area contributed by atoms with E-state index in [-0.39, 0.29) is 19.6 Å². The number of carbonyl (C=O) groups is 1. The van der Waals surface area contributed by atoms with Crippen LogP contribution < -0.4 is 15.4 Å². The van der Waals surface area contributed by atoms with Crippen LogP contribution in [-0.4, -0.2) is 33.8 Å². The van der Waals surface area contributed by atoms with Crippen molar-refractivity contribution in [1.82, 2.24) is 10.3 Å². The van der Waals surface area contributed by atoms with Crippen molar-refractivity contribution < 1.29 is 19.7 Å². The Bertz CT molecular complexity index is 1530. The number of anilines is 1. The average molecular weight is 551 g/mol. The molecule has 0 saturated heterocycles. The van der Waals surface area contributed by atoms with Crippen molar-refractivity contribution in [2.75, 3.05) is 11.9 Å². The number of hydrogen-bond donors (Lipinski definition) is 4. The van der Waals surface area contributed by atoms with Crippen LogP contribution in [0.4, 0.5) is 5.69 Å². The van der Waals surface area contributed by atoms with E-state index >= 15 is 0 Å². The molecule has 8 heteroatoms. The molecule has 3 aromatic carbocycles. The molecule has 0 aliphatic rings. The SMILES string of the molecule is Cc1cc(CNCC(O)CC(=O)O)c(OCc2cncc(C#N)c2)cc1NCc1cccc(-c2ccccc2)c1C. The van der Waals surface area contributed by atoms with Gasteiger partial charge in [-0.1, -0.05) is 48.5 Å². The summed E-state index contributed by atoms with van der Waals surface area (Å²) >= 11 is 0. The number of carboxylic acid groups (broad SMARTS) is 1. The normalized spacial score (nSPS) is 11.5. The zero-order valence-electron chi connectivity index (χ0n) is 23.2. The summed E-state index contributed by atoms with van der Waals surface area (Å²) in [6.45, 7) is 5.51. The Morgan fingerprint density at radius 1 is 1.02 bits per heavy atom. The fraction of sp³-hybridized carbons (Fsp3) is 0.242. The predicted molar refractivity (Wildman–Crippen MR) is 158 cm³/mol. The average Bonchev–Trinajstić information content (AvgIpc) is 2.97. The third-order valence-electron chi connectivity index (χ3n) is 6.83. The van der Waals surface area contributed by atoms with Gasteiger partial charge in [0.15, 0.2) is 0 Å². The van der Waals surface area contributed by atoms with E-state index in [1.807, 2.05) is 37.3 Å². The molecule has 0 aliphatic carbocycles. The van der Waals surface area contributed by atoms with E-state index < -0.39 is 12.1 Å². The molecule has 1 unspecified atom stereocenters. The second-order valence-electron chi connectivity index (χ2n) is 9.95. The molecule has 210 valence electrons. The Labute approximate surface area is 240 Å². The number of benzene rings is 3. The van der Waals surface area contributed by atoms with Crippen molar-refractivity contribution in [1.29, 1.82) is 5.26 Å². The number of nitriles is 1. The molecule has 0 bridgehead atoms. The van der Waals surface area contributed by atoms with Crippen LogP contribution in [0.3, 0.4) is 0 Å². The number of carboxylic acids is 1. The second-order valence-corrected chi connectivity index (χ2v) is 9.95. The molecular formula is C33H34N4O4. The highest BCUT2D eigenvalue weighted by Crippen LogP contribution is 2.30. The summed E-state index contributed by atoms with van der Waals surface area (Å²) in [7, 11) is 0. The number of aryl methyl sites for hydroxylation is 1. The van der Waals surface area contributed by atoms with Gasteiger partial charge < -0.3 is 25.6 Å². The number of rotatable bonds is 13. The maximum atomic E-state index is 10.9. The van der Waals surface area contributed by atoms with Gasteiger partial charge in [-0.2, -0.15) is 5.26 Å². The summed E-state index contributed by atoms with van der Waals surface area (Å²) in [5, 5.41) is 34.8. The number of aromatic nitrogens is 1. The van der Waals surface area contributed by atoms with Gasteiger partial charge in [0, 0.05) is 54.9 Å². The van der Waals surface area contributed by atoms with E-state index in [9.17, 15) is 15.2 Å². The minimum atomic E-state index is -1.05. The van der Waals surface area contributed by atoms with E-state index in [1.165, 1.54) is 28.5 Å². The van der Waals surface area contributed by atoms with Crippen LogP contribution in [0.2, 0.25) is 0 Å². The molecule has 4 aromatic rings. The van der Waals surface area contributed by atoms with Crippen molar-refractivity contribution in [3.8, 4) is 22.9 Å². The lowest BCUT2D eigenvalue weighted by molar-refractivity contribution is -0.139. The number of hydrogen-bond acceptors (Lipinski definition) is 7. The lowest BCUT2D eigenvalue weighted by Gasteiger charge is -2.19. The van der Waals surface area contributed by atoms with Gasteiger partial charge in [0.25, 0.3) is 0 Å². The van der Waals surface area contributed by atoms with Crippen molar-refractivity contribution in [2.24, 2.45) is 0 Å². The number of nitrogens with one attached hydrogen (secondary N) is 2. The second kappa shape index (κ2) is 14.1. The summed E-state index contributed by atoms with van der Waals surface area (Å²) in [6.07, 6.45) is 1.85. The number of aliphatic hydroxyl groups is 1. The molecule has 4 N–H and O–H groups in total. The van der Waals surface area contributed by atoms with Gasteiger partial charge in [0.05, 0.1) is 18.1 Å². The van der Waals surface area contributed by atoms with E-state index in [4.69, 9.17) is 9.84 Å². The first-order valence-corrected chi connectivity index (χ1v) is 13.4. The third-order valence-corrected chi connectivity index (χ3v) is 6.83. The molecule has 0 amide bonds. The lowest BCUT2D eigenvalue weighted by Crippen LogP contribution is -2.28. The van der Waals surface area contributed by atoms with Gasteiger partial charge >= 0.3 is 5.97 Å². The van der Waals surface area contributed by atoms with Crippen molar-refractivity contribution >= 4 is 11.7 Å². The van der Waals surface area contributed by atoms with E-state index in [0.29, 0.717) is 24.4 Å². The van der Waals surface area contributed by atoms with E-state index in [0.717, 1.165) is 22.4 Å². The molecule has 1 atom stereocenters. The minimum absolute atomic E-state index is 0.135. The first-order chi connectivity index (χ1) is 19.8. The zero-order valence-corrected chi connectivity index (χ0v) is 23.2. The van der Waals surface area contributed by atoms with Gasteiger partial charge in [-0.25, -0.2) is 0 Å². The van der Waals surface area contributed by atoms with Crippen LogP contribution in [0.5, 0.6) is 5.75 Å². The molecule has 8 nitrogen and oxygen atoms in total. The summed E-state index contributed by atoms with van der Waals surface area (Å²) in [5.74, 6) is -0.414. The topological polar surface area (TPSA) is 128 Å². The van der Waals surface area contributed by atoms with Crippen LogP contribution in [-0.2, 0) is 24.5 Å². The molecule has 1 heterocycles. The van der Waals surface area contributed by atoms with Crippen LogP contribution >= 0.6 is 0 Å². The van der Waals surface area contributed by atoms with Crippen LogP contribution in [0.1, 0.15) is 39.8 Å². The molecule has 0 aliphatic heterocycles. The Morgan fingerprint density at radius 2 is 1.83 bits per heavy atom. The molecule has 0 fully saturated rings. The van der Waals surface area contributed by atoms with Gasteiger partial charge in [0.2, 0.25) is 0 Å². The van der Waals surface area contributed by atoms with Crippen molar-refractivity contribution in [2.45, 2.75) is 46.1 Å². The molecule has 1 aromatic heterocycles. The number of aliphatic hydroxyl groups excluding tert-OH is 1. The van der Waals surface area contributed by atoms with E-state index in [2.05, 4.69) is 58.9 Å². The monoisotopic (exact) mass is 550 g/mol. The number of ether oxygens (including phenoxy) is 1. The Balaban J connectivity index is 1.54. The van der Waals surface area contributed by atoms with Crippen molar-refractivity contribution in [3.05, 3.63) is 113 Å².